The highest BCUT2D eigenvalue weighted by Crippen LogP contribution is 2.38. The molecule has 1 fully saturated rings. The number of benzene rings is 2. The maximum absolute atomic E-state index is 6.12. The Bertz CT molecular complexity index is 637. The van der Waals surface area contributed by atoms with E-state index in [1.54, 1.807) is 0 Å². The predicted octanol–water partition coefficient (Wildman–Crippen LogP) is 6.33. The van der Waals surface area contributed by atoms with Gasteiger partial charge >= 0.3 is 0 Å². The van der Waals surface area contributed by atoms with Gasteiger partial charge in [0.25, 0.3) is 0 Å². The predicted molar refractivity (Wildman–Crippen MR) is 104 cm³/mol. The van der Waals surface area contributed by atoms with Crippen molar-refractivity contribution in [3.05, 3.63) is 70.7 Å². The minimum atomic E-state index is 0.322. The summed E-state index contributed by atoms with van der Waals surface area (Å²) >= 11 is 6.12. The van der Waals surface area contributed by atoms with Crippen molar-refractivity contribution >= 4 is 11.6 Å². The van der Waals surface area contributed by atoms with Crippen LogP contribution in [0.1, 0.15) is 56.7 Å². The van der Waals surface area contributed by atoms with Crippen LogP contribution in [0.25, 0.3) is 0 Å². The molecule has 0 radical (unpaired) electrons. The summed E-state index contributed by atoms with van der Waals surface area (Å²) in [5, 5.41) is 0.806. The van der Waals surface area contributed by atoms with Crippen LogP contribution in [-0.2, 0) is 0 Å². The fourth-order valence-corrected chi connectivity index (χ4v) is 3.99. The van der Waals surface area contributed by atoms with E-state index < -0.39 is 0 Å². The van der Waals surface area contributed by atoms with Crippen molar-refractivity contribution in [3.8, 4) is 0 Å². The first-order valence-electron chi connectivity index (χ1n) is 9.16. The minimum absolute atomic E-state index is 0.322. The summed E-state index contributed by atoms with van der Waals surface area (Å²) in [6, 6.07) is 19.6. The van der Waals surface area contributed by atoms with E-state index in [1.807, 2.05) is 12.1 Å². The standard InChI is InChI=1S/C22H28ClN/c1-3-22(2)14-7-16-24(17-15-22)21(18-8-5-4-6-9-18)19-10-12-20(23)13-11-19/h4-6,8-13,21H,3,7,14-17H2,1-2H3. The van der Waals surface area contributed by atoms with E-state index in [0.29, 0.717) is 11.5 Å². The van der Waals surface area contributed by atoms with Gasteiger partial charge in [-0.1, -0.05) is 74.3 Å². The summed E-state index contributed by atoms with van der Waals surface area (Å²) in [5.41, 5.74) is 3.21. The van der Waals surface area contributed by atoms with Crippen molar-refractivity contribution in [1.82, 2.24) is 4.90 Å². The highest BCUT2D eigenvalue weighted by atomic mass is 35.5. The van der Waals surface area contributed by atoms with Crippen LogP contribution in [0.2, 0.25) is 5.02 Å². The molecule has 0 amide bonds. The third-order valence-corrected chi connectivity index (χ3v) is 6.00. The van der Waals surface area contributed by atoms with Crippen molar-refractivity contribution in [3.63, 3.8) is 0 Å². The summed E-state index contributed by atoms with van der Waals surface area (Å²) in [7, 11) is 0. The van der Waals surface area contributed by atoms with E-state index in [-0.39, 0.29) is 0 Å². The van der Waals surface area contributed by atoms with E-state index in [0.717, 1.165) is 18.1 Å². The van der Waals surface area contributed by atoms with Gasteiger partial charge in [0.15, 0.2) is 0 Å². The lowest BCUT2D eigenvalue weighted by Crippen LogP contribution is -2.31. The average molecular weight is 342 g/mol. The van der Waals surface area contributed by atoms with E-state index >= 15 is 0 Å². The van der Waals surface area contributed by atoms with Crippen LogP contribution in [0.15, 0.2) is 54.6 Å². The second-order valence-corrected chi connectivity index (χ2v) is 7.85. The lowest BCUT2D eigenvalue weighted by molar-refractivity contribution is 0.213. The van der Waals surface area contributed by atoms with Gasteiger partial charge in [0.1, 0.15) is 0 Å². The van der Waals surface area contributed by atoms with Crippen molar-refractivity contribution in [2.45, 2.75) is 45.6 Å². The summed E-state index contributed by atoms with van der Waals surface area (Å²) in [6.45, 7) is 7.12. The number of halogens is 1. The molecule has 2 aromatic rings. The molecule has 2 aromatic carbocycles. The molecule has 0 spiro atoms. The van der Waals surface area contributed by atoms with Gasteiger partial charge in [0.2, 0.25) is 0 Å². The van der Waals surface area contributed by atoms with Gasteiger partial charge in [-0.25, -0.2) is 0 Å². The average Bonchev–Trinajstić information content (AvgIpc) is 2.81. The quantitative estimate of drug-likeness (QED) is 0.627. The Labute approximate surface area is 151 Å². The molecule has 1 heterocycles. The monoisotopic (exact) mass is 341 g/mol. The van der Waals surface area contributed by atoms with E-state index in [1.165, 1.54) is 36.8 Å². The van der Waals surface area contributed by atoms with Gasteiger partial charge in [0.05, 0.1) is 6.04 Å². The van der Waals surface area contributed by atoms with E-state index in [2.05, 4.69) is 61.2 Å². The summed E-state index contributed by atoms with van der Waals surface area (Å²) in [5.74, 6) is 0. The van der Waals surface area contributed by atoms with Crippen LogP contribution < -0.4 is 0 Å². The lowest BCUT2D eigenvalue weighted by Gasteiger charge is -2.32. The molecule has 0 aromatic heterocycles. The highest BCUT2D eigenvalue weighted by molar-refractivity contribution is 6.30. The van der Waals surface area contributed by atoms with Crippen LogP contribution in [0, 0.1) is 5.41 Å². The normalized spacial score (nSPS) is 23.6. The summed E-state index contributed by atoms with van der Waals surface area (Å²) in [4.78, 5) is 2.67. The van der Waals surface area contributed by atoms with Gasteiger partial charge in [0, 0.05) is 5.02 Å². The fraction of sp³-hybridized carbons (Fsp3) is 0.455. The Morgan fingerprint density at radius 3 is 2.29 bits per heavy atom. The molecule has 2 atom stereocenters. The molecule has 0 saturated carbocycles. The molecular weight excluding hydrogens is 314 g/mol. The van der Waals surface area contributed by atoms with Crippen LogP contribution in [0.4, 0.5) is 0 Å². The first-order chi connectivity index (χ1) is 11.6. The molecule has 1 saturated heterocycles. The highest BCUT2D eigenvalue weighted by Gasteiger charge is 2.30. The smallest absolute Gasteiger partial charge is 0.0601 e. The van der Waals surface area contributed by atoms with Gasteiger partial charge in [-0.3, -0.25) is 4.90 Å². The molecule has 1 aliphatic rings. The number of likely N-dealkylation sites (tertiary alicyclic amines) is 1. The van der Waals surface area contributed by atoms with E-state index in [9.17, 15) is 0 Å². The van der Waals surface area contributed by atoms with Crippen molar-refractivity contribution in [2.24, 2.45) is 5.41 Å². The molecular formula is C22H28ClN. The Morgan fingerprint density at radius 1 is 0.958 bits per heavy atom. The van der Waals surface area contributed by atoms with E-state index in [4.69, 9.17) is 11.6 Å². The Hall–Kier alpha value is -1.31. The Kier molecular flexibility index (Phi) is 5.63. The SMILES string of the molecule is CCC1(C)CCCN(C(c2ccccc2)c2ccc(Cl)cc2)CC1. The van der Waals surface area contributed by atoms with Crippen molar-refractivity contribution in [1.29, 1.82) is 0 Å². The van der Waals surface area contributed by atoms with Gasteiger partial charge in [-0.15, -0.1) is 0 Å². The Balaban J connectivity index is 1.91. The van der Waals surface area contributed by atoms with Crippen LogP contribution in [0.5, 0.6) is 0 Å². The topological polar surface area (TPSA) is 3.24 Å². The number of hydrogen-bond acceptors (Lipinski definition) is 1. The van der Waals surface area contributed by atoms with Crippen molar-refractivity contribution in [2.75, 3.05) is 13.1 Å². The third-order valence-electron chi connectivity index (χ3n) is 5.75. The molecule has 24 heavy (non-hydrogen) atoms. The molecule has 1 aliphatic heterocycles. The summed E-state index contributed by atoms with van der Waals surface area (Å²) in [6.07, 6.45) is 5.17. The van der Waals surface area contributed by atoms with Gasteiger partial charge < -0.3 is 0 Å². The number of rotatable bonds is 4. The maximum Gasteiger partial charge on any atom is 0.0601 e. The Morgan fingerprint density at radius 2 is 1.62 bits per heavy atom. The second-order valence-electron chi connectivity index (χ2n) is 7.42. The summed E-state index contributed by atoms with van der Waals surface area (Å²) < 4.78 is 0. The van der Waals surface area contributed by atoms with Crippen LogP contribution in [-0.4, -0.2) is 18.0 Å². The molecule has 2 unspecified atom stereocenters. The molecule has 2 heteroatoms. The number of nitrogens with zero attached hydrogens (tertiary/aromatic N) is 1. The molecule has 3 rings (SSSR count). The largest absolute Gasteiger partial charge is 0.292 e. The van der Waals surface area contributed by atoms with Gasteiger partial charge in [-0.05, 0) is 61.0 Å². The lowest BCUT2D eigenvalue weighted by atomic mass is 9.80. The fourth-order valence-electron chi connectivity index (χ4n) is 3.87. The molecule has 0 bridgehead atoms. The number of hydrogen-bond donors (Lipinski definition) is 0. The van der Waals surface area contributed by atoms with Crippen molar-refractivity contribution < 1.29 is 0 Å². The zero-order valence-corrected chi connectivity index (χ0v) is 15.6. The first-order valence-corrected chi connectivity index (χ1v) is 9.53. The zero-order chi connectivity index (χ0) is 17.0. The van der Waals surface area contributed by atoms with Gasteiger partial charge in [-0.2, -0.15) is 0 Å². The van der Waals surface area contributed by atoms with Crippen LogP contribution >= 0.6 is 11.6 Å². The molecule has 0 N–H and O–H groups in total. The third kappa shape index (κ3) is 4.02. The first kappa shape index (κ1) is 17.5. The molecule has 0 aliphatic carbocycles. The maximum atomic E-state index is 6.12. The molecule has 128 valence electrons. The van der Waals surface area contributed by atoms with Crippen LogP contribution in [0.3, 0.4) is 0 Å². The zero-order valence-electron chi connectivity index (χ0n) is 14.8. The second kappa shape index (κ2) is 7.72. The molecule has 1 nitrogen and oxygen atoms in total. The minimum Gasteiger partial charge on any atom is -0.292 e.